The number of aliphatic hydroxyl groups is 1. The topological polar surface area (TPSA) is 87.2 Å². The molecule has 7 nitrogen and oxygen atoms in total. The predicted octanol–water partition coefficient (Wildman–Crippen LogP) is 4.80. The molecular formula is C31H33ClN2O5S. The van der Waals surface area contributed by atoms with Crippen molar-refractivity contribution >= 4 is 46.8 Å². The van der Waals surface area contributed by atoms with Gasteiger partial charge in [0, 0.05) is 22.5 Å². The van der Waals surface area contributed by atoms with Crippen molar-refractivity contribution in [3.8, 4) is 0 Å². The third-order valence-electron chi connectivity index (χ3n) is 8.22. The van der Waals surface area contributed by atoms with Crippen LogP contribution in [0.1, 0.15) is 30.9 Å². The van der Waals surface area contributed by atoms with E-state index in [0.717, 1.165) is 5.56 Å². The van der Waals surface area contributed by atoms with Crippen LogP contribution in [0, 0.1) is 11.8 Å². The van der Waals surface area contributed by atoms with Gasteiger partial charge in [0.2, 0.25) is 5.91 Å². The maximum atomic E-state index is 14.7. The van der Waals surface area contributed by atoms with Gasteiger partial charge in [0.05, 0.1) is 35.8 Å². The SMILES string of the molecule is C=CCCOC(=O)[C@@H]1[C@@H]2CCC3(S2)C(C(=O)N(CC=C)c2ccc(Cl)cc2)N([C@H](CO)c2ccccc2)C(=O)[C@H]13. The minimum Gasteiger partial charge on any atom is -0.465 e. The summed E-state index contributed by atoms with van der Waals surface area (Å²) in [5, 5.41) is 11.1. The summed E-state index contributed by atoms with van der Waals surface area (Å²) in [6, 6.07) is 14.5. The normalized spacial score (nSPS) is 27.2. The second kappa shape index (κ2) is 11.8. The van der Waals surface area contributed by atoms with Gasteiger partial charge in [0.1, 0.15) is 6.04 Å². The second-order valence-corrected chi connectivity index (χ2v) is 12.4. The Hall–Kier alpha value is -3.07. The Morgan fingerprint density at radius 2 is 1.90 bits per heavy atom. The van der Waals surface area contributed by atoms with Crippen LogP contribution in [-0.2, 0) is 19.1 Å². The van der Waals surface area contributed by atoms with Crippen LogP contribution < -0.4 is 4.90 Å². The number of fused-ring (bicyclic) bond motifs is 1. The second-order valence-electron chi connectivity index (χ2n) is 10.4. The van der Waals surface area contributed by atoms with Gasteiger partial charge in [-0.15, -0.1) is 24.9 Å². The lowest BCUT2D eigenvalue weighted by molar-refractivity contribution is -0.154. The molecule has 2 aromatic carbocycles. The monoisotopic (exact) mass is 580 g/mol. The van der Waals surface area contributed by atoms with Crippen molar-refractivity contribution in [2.24, 2.45) is 11.8 Å². The average Bonchev–Trinajstić information content (AvgIpc) is 3.61. The van der Waals surface area contributed by atoms with Crippen molar-refractivity contribution in [3.63, 3.8) is 0 Å². The molecule has 6 atom stereocenters. The minimum absolute atomic E-state index is 0.115. The Labute approximate surface area is 243 Å². The molecule has 2 amide bonds. The van der Waals surface area contributed by atoms with Crippen molar-refractivity contribution in [2.75, 3.05) is 24.7 Å². The molecule has 5 rings (SSSR count). The maximum Gasteiger partial charge on any atom is 0.310 e. The Morgan fingerprint density at radius 3 is 2.55 bits per heavy atom. The van der Waals surface area contributed by atoms with E-state index in [0.29, 0.717) is 30.0 Å². The van der Waals surface area contributed by atoms with Crippen molar-refractivity contribution in [3.05, 3.63) is 90.5 Å². The van der Waals surface area contributed by atoms with E-state index in [9.17, 15) is 19.5 Å². The lowest BCUT2D eigenvalue weighted by atomic mass is 9.71. The summed E-state index contributed by atoms with van der Waals surface area (Å²) in [6.07, 6.45) is 5.15. The molecule has 0 aromatic heterocycles. The zero-order valence-electron chi connectivity index (χ0n) is 22.2. The van der Waals surface area contributed by atoms with Crippen molar-refractivity contribution < 1.29 is 24.2 Å². The fourth-order valence-electron chi connectivity index (χ4n) is 6.56. The minimum atomic E-state index is -0.904. The summed E-state index contributed by atoms with van der Waals surface area (Å²) in [7, 11) is 0. The Kier molecular flexibility index (Phi) is 8.40. The van der Waals surface area contributed by atoms with Gasteiger partial charge in [-0.3, -0.25) is 14.4 Å². The number of benzene rings is 2. The van der Waals surface area contributed by atoms with Crippen LogP contribution in [0.3, 0.4) is 0 Å². The Bertz CT molecular complexity index is 1290. The van der Waals surface area contributed by atoms with E-state index in [1.165, 1.54) is 0 Å². The molecule has 2 unspecified atom stereocenters. The molecule has 1 spiro atoms. The third kappa shape index (κ3) is 4.76. The van der Waals surface area contributed by atoms with Gasteiger partial charge in [0.15, 0.2) is 0 Å². The number of halogens is 1. The first-order valence-corrected chi connectivity index (χ1v) is 14.7. The molecule has 3 fully saturated rings. The lowest BCUT2D eigenvalue weighted by Gasteiger charge is -2.39. The summed E-state index contributed by atoms with van der Waals surface area (Å²) >= 11 is 7.69. The average molecular weight is 581 g/mol. The maximum absolute atomic E-state index is 14.7. The molecule has 0 saturated carbocycles. The molecule has 3 aliphatic heterocycles. The number of thioether (sulfide) groups is 1. The molecular weight excluding hydrogens is 548 g/mol. The van der Waals surface area contributed by atoms with Crippen molar-refractivity contribution in [1.82, 2.24) is 4.90 Å². The van der Waals surface area contributed by atoms with E-state index in [1.54, 1.807) is 58.0 Å². The Balaban J connectivity index is 1.60. The molecule has 210 valence electrons. The smallest absolute Gasteiger partial charge is 0.310 e. The molecule has 1 N–H and O–H groups in total. The molecule has 2 aromatic rings. The summed E-state index contributed by atoms with van der Waals surface area (Å²) < 4.78 is 4.75. The number of rotatable bonds is 11. The molecule has 40 heavy (non-hydrogen) atoms. The highest BCUT2D eigenvalue weighted by Crippen LogP contribution is 2.67. The van der Waals surface area contributed by atoms with E-state index in [-0.39, 0.29) is 36.8 Å². The van der Waals surface area contributed by atoms with E-state index in [4.69, 9.17) is 16.3 Å². The van der Waals surface area contributed by atoms with Crippen LogP contribution in [0.5, 0.6) is 0 Å². The van der Waals surface area contributed by atoms with Crippen molar-refractivity contribution in [2.45, 2.75) is 41.3 Å². The molecule has 0 aliphatic carbocycles. The quantitative estimate of drug-likeness (QED) is 0.233. The number of amides is 2. The zero-order valence-corrected chi connectivity index (χ0v) is 23.7. The third-order valence-corrected chi connectivity index (χ3v) is 10.4. The number of nitrogens with zero attached hydrogens (tertiary/aromatic N) is 2. The molecule has 0 radical (unpaired) electrons. The molecule has 9 heteroatoms. The van der Waals surface area contributed by atoms with Gasteiger partial charge < -0.3 is 19.6 Å². The Morgan fingerprint density at radius 1 is 1.18 bits per heavy atom. The summed E-state index contributed by atoms with van der Waals surface area (Å²) in [5.41, 5.74) is 1.35. The largest absolute Gasteiger partial charge is 0.465 e. The van der Waals surface area contributed by atoms with Gasteiger partial charge in [-0.05, 0) is 49.1 Å². The van der Waals surface area contributed by atoms with Crippen LogP contribution in [0.25, 0.3) is 0 Å². The molecule has 3 aliphatic rings. The first-order chi connectivity index (χ1) is 19.4. The number of carbonyl (C=O) groups excluding carboxylic acids is 3. The number of carbonyl (C=O) groups is 3. The van der Waals surface area contributed by atoms with E-state index in [2.05, 4.69) is 13.2 Å². The summed E-state index contributed by atoms with van der Waals surface area (Å²) in [6.45, 7) is 7.58. The fourth-order valence-corrected chi connectivity index (χ4v) is 8.88. The highest BCUT2D eigenvalue weighted by atomic mass is 35.5. The number of hydrogen-bond acceptors (Lipinski definition) is 6. The number of ether oxygens (including phenoxy) is 1. The van der Waals surface area contributed by atoms with Gasteiger partial charge in [-0.1, -0.05) is 54.1 Å². The van der Waals surface area contributed by atoms with Gasteiger partial charge in [0.25, 0.3) is 5.91 Å². The zero-order chi connectivity index (χ0) is 28.4. The lowest BCUT2D eigenvalue weighted by Crippen LogP contribution is -2.56. The summed E-state index contributed by atoms with van der Waals surface area (Å²) in [4.78, 5) is 45.6. The number of aliphatic hydroxyl groups excluding tert-OH is 1. The standard InChI is InChI=1S/C31H33ClN2O5S/c1-3-5-18-39-30(38)25-24-15-16-31(40-24)26(25)28(36)34(23(19-35)20-9-7-6-8-10-20)27(31)29(37)33(17-4-2)22-13-11-21(32)12-14-22/h3-4,6-14,23-27,35H,1-2,5,15-19H2/t23-,24+,25-,26+,27?,31?/m1/s1. The molecule has 3 saturated heterocycles. The van der Waals surface area contributed by atoms with E-state index >= 15 is 0 Å². The fraction of sp³-hybridized carbons (Fsp3) is 0.387. The molecule has 3 heterocycles. The first-order valence-electron chi connectivity index (χ1n) is 13.5. The molecule has 2 bridgehead atoms. The van der Waals surface area contributed by atoms with Crippen molar-refractivity contribution in [1.29, 1.82) is 0 Å². The number of likely N-dealkylation sites (tertiary alicyclic amines) is 1. The van der Waals surface area contributed by atoms with E-state index < -0.39 is 34.6 Å². The predicted molar refractivity (Wildman–Crippen MR) is 157 cm³/mol. The summed E-state index contributed by atoms with van der Waals surface area (Å²) in [5.74, 6) is -2.37. The van der Waals surface area contributed by atoms with Gasteiger partial charge in [-0.25, -0.2) is 0 Å². The number of anilines is 1. The van der Waals surface area contributed by atoms with E-state index in [1.807, 2.05) is 30.3 Å². The van der Waals surface area contributed by atoms with Gasteiger partial charge >= 0.3 is 5.97 Å². The highest BCUT2D eigenvalue weighted by molar-refractivity contribution is 8.02. The van der Waals surface area contributed by atoms with Crippen LogP contribution >= 0.6 is 23.4 Å². The first kappa shape index (κ1) is 28.5. The highest BCUT2D eigenvalue weighted by Gasteiger charge is 2.75. The number of esters is 1. The van der Waals surface area contributed by atoms with Crippen LogP contribution in [0.15, 0.2) is 79.9 Å². The van der Waals surface area contributed by atoms with Gasteiger partial charge in [-0.2, -0.15) is 0 Å². The van der Waals surface area contributed by atoms with Crippen LogP contribution in [0.2, 0.25) is 5.02 Å². The number of hydrogen-bond donors (Lipinski definition) is 1. The van der Waals surface area contributed by atoms with Crippen LogP contribution in [0.4, 0.5) is 5.69 Å². The van der Waals surface area contributed by atoms with Crippen LogP contribution in [-0.4, -0.2) is 63.6 Å².